The lowest BCUT2D eigenvalue weighted by molar-refractivity contribution is 0.0650. The molecule has 0 fully saturated rings. The number of alkyl halides is 2. The third-order valence-corrected chi connectivity index (χ3v) is 5.05. The first kappa shape index (κ1) is 36.2. The SMILES string of the molecule is CC(C)C(C)(C)C.CC(C)C(C)C.CC(C)CC(F)F.CC(C)CCC(C)(C)O. The molecule has 0 radical (unpaired) electrons. The van der Waals surface area contributed by atoms with Gasteiger partial charge in [-0.15, -0.1) is 0 Å². The molecule has 182 valence electrons. The van der Waals surface area contributed by atoms with E-state index in [1.807, 2.05) is 13.8 Å². The summed E-state index contributed by atoms with van der Waals surface area (Å²) in [4.78, 5) is 0. The van der Waals surface area contributed by atoms with Gasteiger partial charge in [0.2, 0.25) is 6.43 Å². The van der Waals surface area contributed by atoms with E-state index in [-0.39, 0.29) is 12.3 Å². The average molecular weight is 425 g/mol. The van der Waals surface area contributed by atoms with Crippen molar-refractivity contribution in [1.82, 2.24) is 0 Å². The molecule has 0 aromatic carbocycles. The van der Waals surface area contributed by atoms with Gasteiger partial charge in [0, 0.05) is 6.42 Å². The summed E-state index contributed by atoms with van der Waals surface area (Å²) in [6.45, 7) is 31.9. The summed E-state index contributed by atoms with van der Waals surface area (Å²) in [7, 11) is 0. The predicted molar refractivity (Wildman–Crippen MR) is 130 cm³/mol. The van der Waals surface area contributed by atoms with E-state index < -0.39 is 12.0 Å². The van der Waals surface area contributed by atoms with Crippen LogP contribution in [0.5, 0.6) is 0 Å². The van der Waals surface area contributed by atoms with Crippen molar-refractivity contribution in [3.63, 3.8) is 0 Å². The van der Waals surface area contributed by atoms with Crippen LogP contribution >= 0.6 is 0 Å². The zero-order chi connectivity index (χ0) is 24.6. The minimum Gasteiger partial charge on any atom is -0.390 e. The molecule has 0 heterocycles. The van der Waals surface area contributed by atoms with E-state index >= 15 is 0 Å². The summed E-state index contributed by atoms with van der Waals surface area (Å²) in [6, 6.07) is 0. The van der Waals surface area contributed by atoms with E-state index in [4.69, 9.17) is 0 Å². The molecule has 1 nitrogen and oxygen atoms in total. The normalized spacial score (nSPS) is 12.0. The number of hydrogen-bond donors (Lipinski definition) is 1. The second-order valence-corrected chi connectivity index (χ2v) is 11.8. The largest absolute Gasteiger partial charge is 0.390 e. The summed E-state index contributed by atoms with van der Waals surface area (Å²) < 4.78 is 22.6. The maximum Gasteiger partial charge on any atom is 0.238 e. The number of rotatable bonds is 6. The smallest absolute Gasteiger partial charge is 0.238 e. The maximum absolute atomic E-state index is 11.3. The van der Waals surface area contributed by atoms with Gasteiger partial charge in [-0.1, -0.05) is 90.0 Å². The van der Waals surface area contributed by atoms with Crippen molar-refractivity contribution in [3.05, 3.63) is 0 Å². The van der Waals surface area contributed by atoms with E-state index in [1.54, 1.807) is 13.8 Å². The highest BCUT2D eigenvalue weighted by atomic mass is 19.3. The van der Waals surface area contributed by atoms with E-state index in [9.17, 15) is 13.9 Å². The van der Waals surface area contributed by atoms with Gasteiger partial charge in [-0.25, -0.2) is 8.78 Å². The molecule has 0 unspecified atom stereocenters. The Kier molecular flexibility index (Phi) is 23.2. The van der Waals surface area contributed by atoms with Crippen LogP contribution in [0.1, 0.15) is 123 Å². The van der Waals surface area contributed by atoms with Crippen molar-refractivity contribution in [2.45, 2.75) is 135 Å². The van der Waals surface area contributed by atoms with Crippen LogP contribution in [0, 0.1) is 35.0 Å². The molecule has 1 N–H and O–H groups in total. The Morgan fingerprint density at radius 2 is 0.966 bits per heavy atom. The van der Waals surface area contributed by atoms with Crippen molar-refractivity contribution < 1.29 is 13.9 Å². The van der Waals surface area contributed by atoms with Crippen LogP contribution in [-0.4, -0.2) is 17.1 Å². The molecule has 29 heavy (non-hydrogen) atoms. The second-order valence-electron chi connectivity index (χ2n) is 11.8. The third kappa shape index (κ3) is 47.2. The van der Waals surface area contributed by atoms with Gasteiger partial charge in [0.15, 0.2) is 0 Å². The second kappa shape index (κ2) is 18.6. The predicted octanol–water partition coefficient (Wildman–Crippen LogP) is 9.48. The molecule has 0 amide bonds. The molecular weight excluding hydrogens is 366 g/mol. The Morgan fingerprint density at radius 1 is 0.655 bits per heavy atom. The first-order chi connectivity index (χ1) is 12.6. The molecule has 0 rings (SSSR count). The van der Waals surface area contributed by atoms with Gasteiger partial charge in [0.25, 0.3) is 0 Å². The fraction of sp³-hybridized carbons (Fsp3) is 1.00. The monoisotopic (exact) mass is 424 g/mol. The highest BCUT2D eigenvalue weighted by molar-refractivity contribution is 4.65. The fourth-order valence-corrected chi connectivity index (χ4v) is 0.998. The van der Waals surface area contributed by atoms with Gasteiger partial charge in [-0.2, -0.15) is 0 Å². The van der Waals surface area contributed by atoms with Crippen molar-refractivity contribution in [3.8, 4) is 0 Å². The van der Waals surface area contributed by atoms with Gasteiger partial charge < -0.3 is 5.11 Å². The first-order valence-corrected chi connectivity index (χ1v) is 11.6. The summed E-state index contributed by atoms with van der Waals surface area (Å²) in [5.74, 6) is 3.33. The van der Waals surface area contributed by atoms with Crippen molar-refractivity contribution in [2.24, 2.45) is 35.0 Å². The molecule has 0 aliphatic heterocycles. The molecular formula is C26H58F2O. The van der Waals surface area contributed by atoms with Gasteiger partial charge in [-0.3, -0.25) is 0 Å². The minimum absolute atomic E-state index is 0.0278. The lowest BCUT2D eigenvalue weighted by Crippen LogP contribution is -2.18. The zero-order valence-corrected chi connectivity index (χ0v) is 22.8. The standard InChI is InChI=1S/C8H18O.C7H16.C6H14.C5H10F2/c1-7(2)5-6-8(3,4)9;1-6(2)7(3,4)5;1-5(2)6(3)4;1-4(2)3-5(6)7/h7,9H,5-6H2,1-4H3;6H,1-5H3;5-6H,1-4H3;4-5H,3H2,1-2H3. The molecule has 3 heteroatoms. The highest BCUT2D eigenvalue weighted by Gasteiger charge is 2.13. The van der Waals surface area contributed by atoms with Crippen molar-refractivity contribution in [1.29, 1.82) is 0 Å². The number of hydrogen-bond acceptors (Lipinski definition) is 1. The Bertz CT molecular complexity index is 307. The summed E-state index contributed by atoms with van der Waals surface area (Å²) in [5.41, 5.74) is 0.0320. The summed E-state index contributed by atoms with van der Waals surface area (Å²) >= 11 is 0. The zero-order valence-electron chi connectivity index (χ0n) is 22.8. The molecule has 0 aliphatic rings. The molecule has 0 aromatic heterocycles. The van der Waals surface area contributed by atoms with Crippen LogP contribution in [0.3, 0.4) is 0 Å². The third-order valence-electron chi connectivity index (χ3n) is 5.05. The van der Waals surface area contributed by atoms with E-state index in [2.05, 4.69) is 76.2 Å². The lowest BCUT2D eigenvalue weighted by atomic mass is 9.84. The van der Waals surface area contributed by atoms with E-state index in [0.29, 0.717) is 11.3 Å². The summed E-state index contributed by atoms with van der Waals surface area (Å²) in [6.07, 6.45) is -0.0752. The quantitative estimate of drug-likeness (QED) is 0.450. The average Bonchev–Trinajstić information content (AvgIpc) is 2.43. The van der Waals surface area contributed by atoms with Crippen LogP contribution in [0.25, 0.3) is 0 Å². The Balaban J connectivity index is -0.000000145. The Morgan fingerprint density at radius 3 is 1.00 bits per heavy atom. The van der Waals surface area contributed by atoms with Crippen LogP contribution < -0.4 is 0 Å². The number of aliphatic hydroxyl groups is 1. The Hall–Kier alpha value is -0.180. The number of halogens is 2. The van der Waals surface area contributed by atoms with Gasteiger partial charge in [0.05, 0.1) is 5.60 Å². The van der Waals surface area contributed by atoms with Crippen LogP contribution in [0.4, 0.5) is 8.78 Å². The molecule has 0 saturated carbocycles. The van der Waals surface area contributed by atoms with Crippen LogP contribution in [0.15, 0.2) is 0 Å². The fourth-order valence-electron chi connectivity index (χ4n) is 0.998. The topological polar surface area (TPSA) is 20.2 Å². The first-order valence-electron chi connectivity index (χ1n) is 11.6. The van der Waals surface area contributed by atoms with E-state index in [1.165, 1.54) is 0 Å². The molecule has 0 aromatic rings. The molecule has 0 spiro atoms. The van der Waals surface area contributed by atoms with Gasteiger partial charge in [0.1, 0.15) is 0 Å². The van der Waals surface area contributed by atoms with Crippen molar-refractivity contribution in [2.75, 3.05) is 0 Å². The Labute approximate surface area is 184 Å². The lowest BCUT2D eigenvalue weighted by Gasteiger charge is -2.22. The molecule has 0 aliphatic carbocycles. The van der Waals surface area contributed by atoms with Gasteiger partial charge >= 0.3 is 0 Å². The van der Waals surface area contributed by atoms with Crippen LogP contribution in [0.2, 0.25) is 0 Å². The highest BCUT2D eigenvalue weighted by Crippen LogP contribution is 2.23. The summed E-state index contributed by atoms with van der Waals surface area (Å²) in [5, 5.41) is 9.27. The molecule has 0 saturated heterocycles. The van der Waals surface area contributed by atoms with Crippen LogP contribution in [-0.2, 0) is 0 Å². The minimum atomic E-state index is -2.12. The molecule has 0 atom stereocenters. The van der Waals surface area contributed by atoms with Crippen molar-refractivity contribution >= 4 is 0 Å². The maximum atomic E-state index is 11.3. The van der Waals surface area contributed by atoms with E-state index in [0.717, 1.165) is 30.6 Å². The van der Waals surface area contributed by atoms with Gasteiger partial charge in [-0.05, 0) is 61.7 Å². The molecule has 0 bridgehead atoms.